The molecule has 2 fully saturated rings. The van der Waals surface area contributed by atoms with Crippen LogP contribution in [0.25, 0.3) is 0 Å². The van der Waals surface area contributed by atoms with E-state index in [1.54, 1.807) is 6.92 Å². The summed E-state index contributed by atoms with van der Waals surface area (Å²) in [6.45, 7) is 14.7. The van der Waals surface area contributed by atoms with E-state index in [-0.39, 0.29) is 30.2 Å². The highest BCUT2D eigenvalue weighted by Gasteiger charge is 2.47. The fourth-order valence-corrected chi connectivity index (χ4v) is 10.8. The number of carbonyl (C=O) groups is 13. The normalized spacial score (nSPS) is 24.1. The molecule has 1 aromatic rings. The van der Waals surface area contributed by atoms with Crippen molar-refractivity contribution in [1.29, 1.82) is 0 Å². The van der Waals surface area contributed by atoms with Crippen LogP contribution in [0.1, 0.15) is 120 Å². The number of nitrogens with zero attached hydrogens (tertiary/aromatic N) is 2. The Bertz CT molecular complexity index is 3140. The molecule has 16 N–H and O–H groups in total. The van der Waals surface area contributed by atoms with Gasteiger partial charge in [-0.15, -0.1) is 0 Å². The van der Waals surface area contributed by atoms with Gasteiger partial charge in [0.2, 0.25) is 59.1 Å². The van der Waals surface area contributed by atoms with Crippen LogP contribution in [0.5, 0.6) is 5.75 Å². The maximum atomic E-state index is 15.3. The third kappa shape index (κ3) is 23.9. The molecule has 33 heteroatoms. The lowest BCUT2D eigenvalue weighted by Gasteiger charge is -2.40. The average Bonchev–Trinajstić information content (AvgIpc) is 0.801. The second-order valence-corrected chi connectivity index (χ2v) is 25.5. The van der Waals surface area contributed by atoms with Gasteiger partial charge in [-0.2, -0.15) is 0 Å². The second-order valence-electron chi connectivity index (χ2n) is 25.5. The Hall–Kier alpha value is -8.89. The summed E-state index contributed by atoms with van der Waals surface area (Å²) in [6, 6.07) is -8.70. The van der Waals surface area contributed by atoms with Crippen LogP contribution < -0.4 is 53.6 Å². The van der Waals surface area contributed by atoms with E-state index in [0.29, 0.717) is 12.8 Å². The molecule has 2 heterocycles. The first-order chi connectivity index (χ1) is 46.3. The van der Waals surface area contributed by atoms with E-state index < -0.39 is 204 Å². The number of aliphatic hydroxyl groups excluding tert-OH is 3. The maximum Gasteiger partial charge on any atom is 0.329 e. The number of phenolic OH excluding ortho intramolecular Hbond substituents is 1. The van der Waals surface area contributed by atoms with Crippen molar-refractivity contribution in [3.05, 3.63) is 65.4 Å². The van der Waals surface area contributed by atoms with Crippen molar-refractivity contribution in [3.63, 3.8) is 0 Å². The van der Waals surface area contributed by atoms with Gasteiger partial charge in [-0.1, -0.05) is 90.0 Å². The number of carbonyl (C=O) groups excluding carboxylic acids is 13. The molecular weight excluding hydrogens is 1300 g/mol. The number of ether oxygens (including phenoxy) is 3. The fraction of sp³-hybridized carbons (Fsp3) is 0.621. The molecule has 0 aliphatic carbocycles. The number of rotatable bonds is 26. The van der Waals surface area contributed by atoms with Crippen molar-refractivity contribution in [2.24, 2.45) is 29.4 Å². The van der Waals surface area contributed by atoms with E-state index in [1.165, 1.54) is 92.0 Å². The molecule has 0 radical (unpaired) electrons. The number of nitrogens with two attached hydrogens (primary N) is 1. The SMILES string of the molecule is CC=C(NC(=O)[C@H](NC(=O)CNC(=O)[C@@](C)(O)[C@@H](O)C=CC(C)=C[C@H](C)CC)[C@@H](C)O)C(=O)N[C@H](C(=O)N[C@H]1C(=O)N[C@H](COC)C(=O)NCC(=O)N[C@@H](C)C(=O)N(C)[C@H]([C@@H](C)O)C(=O)N[C@H]([C@H](OC)c2ccc(O)cc2)C(=O)N2CCCC[C@H]2C(=O)O[C@@H]1C(C)C)[C@@H](C)[C@@H](C)C(N)=O. The molecular formula is C66H102N12O21. The summed E-state index contributed by atoms with van der Waals surface area (Å²) >= 11 is 0. The number of hydrogen-bond donors (Lipinski definition) is 15. The van der Waals surface area contributed by atoms with Crippen molar-refractivity contribution >= 4 is 76.9 Å². The van der Waals surface area contributed by atoms with Crippen LogP contribution in [0, 0.1) is 23.7 Å². The number of piperidine rings is 1. The zero-order valence-corrected chi connectivity index (χ0v) is 58.8. The van der Waals surface area contributed by atoms with Crippen molar-refractivity contribution in [2.45, 2.75) is 193 Å². The van der Waals surface area contributed by atoms with Crippen molar-refractivity contribution in [2.75, 3.05) is 47.5 Å². The van der Waals surface area contributed by atoms with Crippen LogP contribution in [-0.2, 0) is 76.5 Å². The van der Waals surface area contributed by atoms with Crippen molar-refractivity contribution in [3.8, 4) is 5.75 Å². The van der Waals surface area contributed by atoms with E-state index in [1.807, 2.05) is 19.9 Å². The number of esters is 1. The zero-order chi connectivity index (χ0) is 75.1. The first-order valence-electron chi connectivity index (χ1n) is 32.6. The molecule has 0 saturated carbocycles. The summed E-state index contributed by atoms with van der Waals surface area (Å²) in [5.41, 5.74) is 3.64. The Morgan fingerprint density at radius 1 is 0.859 bits per heavy atom. The minimum absolute atomic E-state index is 0.0856. The lowest BCUT2D eigenvalue weighted by molar-refractivity contribution is -0.168. The predicted octanol–water partition coefficient (Wildman–Crippen LogP) is -3.12. The number of fused-ring (bicyclic) bond motifs is 1. The second kappa shape index (κ2) is 39.0. The maximum absolute atomic E-state index is 15.3. The van der Waals surface area contributed by atoms with Gasteiger partial charge in [0, 0.05) is 33.7 Å². The number of aromatic hydroxyl groups is 1. The van der Waals surface area contributed by atoms with Gasteiger partial charge in [-0.05, 0) is 96.3 Å². The quantitative estimate of drug-likeness (QED) is 0.0248. The highest BCUT2D eigenvalue weighted by atomic mass is 16.5. The Labute approximate surface area is 575 Å². The molecule has 2 aliphatic rings. The van der Waals surface area contributed by atoms with Gasteiger partial charge in [0.25, 0.3) is 11.8 Å². The largest absolute Gasteiger partial charge is 0.508 e. The van der Waals surface area contributed by atoms with Crippen LogP contribution in [0.4, 0.5) is 0 Å². The third-order valence-electron chi connectivity index (χ3n) is 17.2. The molecule has 0 unspecified atom stereocenters. The molecule has 0 aromatic heterocycles. The van der Waals surface area contributed by atoms with Crippen molar-refractivity contribution in [1.82, 2.24) is 57.7 Å². The molecule has 0 bridgehead atoms. The van der Waals surface area contributed by atoms with Crippen LogP contribution in [0.3, 0.4) is 0 Å². The molecule has 1 aromatic carbocycles. The zero-order valence-electron chi connectivity index (χ0n) is 58.8. The van der Waals surface area contributed by atoms with E-state index in [9.17, 15) is 68.7 Å². The number of allylic oxidation sites excluding steroid dienone is 4. The molecule has 17 atom stereocenters. The fourth-order valence-electron chi connectivity index (χ4n) is 10.8. The van der Waals surface area contributed by atoms with Crippen LogP contribution in [0.15, 0.2) is 59.8 Å². The number of phenols is 1. The van der Waals surface area contributed by atoms with Gasteiger partial charge in [0.15, 0.2) is 5.60 Å². The molecule has 552 valence electrons. The number of likely N-dealkylation sites (N-methyl/N-ethyl adjacent to an activating group) is 1. The Balaban J connectivity index is 2.17. The topological polar surface area (TPSA) is 492 Å². The standard InChI is InChI=1S/C66H102N12O21/c1-16-33(5)28-34(6)21-26-45(82)66(12,96)65(95)69-30-47(84)73-49(38(10)79)59(89)71-42(17-2)57(87)74-48(35(7)36(8)55(67)85)58(88)75-50-53(32(3)4)99-64(94)44-20-18-19-27-78(44)63(93)51(54(98-15)40-22-24-41(81)25-23-40)76-61(91)52(39(11)80)77(13)62(92)37(9)70-46(83)29-68-56(86)43(31-97-14)72-60(50)90/h17,21-26,28,32-33,35-39,43-45,48-54,79-82,96H,16,18-20,27,29-31H2,1-15H3,(H2,67,85)(H,68,86)(H,69,95)(H,70,83)(H,71,89)(H,72,90)(H,73,84)(H,74,87)(H,75,88)(H,76,91)/t33-,35+,36-,37+,38-,39-,43-,44+,45+,48+,49-,50-,51-,52-,53-,54-,66+/m1/s1. The highest BCUT2D eigenvalue weighted by Crippen LogP contribution is 2.29. The van der Waals surface area contributed by atoms with Gasteiger partial charge < -0.3 is 103 Å². The van der Waals surface area contributed by atoms with Gasteiger partial charge in [-0.3, -0.25) is 57.5 Å². The van der Waals surface area contributed by atoms with Gasteiger partial charge >= 0.3 is 5.97 Å². The first-order valence-corrected chi connectivity index (χ1v) is 32.6. The number of amides is 12. The summed E-state index contributed by atoms with van der Waals surface area (Å²) in [7, 11) is 3.54. The van der Waals surface area contributed by atoms with Gasteiger partial charge in [-0.25, -0.2) is 4.79 Å². The Morgan fingerprint density at radius 2 is 1.49 bits per heavy atom. The number of benzene rings is 1. The monoisotopic (exact) mass is 1400 g/mol. The van der Waals surface area contributed by atoms with Crippen LogP contribution in [0.2, 0.25) is 0 Å². The average molecular weight is 1400 g/mol. The van der Waals surface area contributed by atoms with Crippen molar-refractivity contribution < 1.29 is 102 Å². The molecule has 33 nitrogen and oxygen atoms in total. The van der Waals surface area contributed by atoms with E-state index in [2.05, 4.69) is 47.9 Å². The summed E-state index contributed by atoms with van der Waals surface area (Å²) in [6.07, 6.45) is -1.18. The molecule has 0 spiro atoms. The van der Waals surface area contributed by atoms with Gasteiger partial charge in [0.1, 0.15) is 78.1 Å². The Morgan fingerprint density at radius 3 is 2.05 bits per heavy atom. The Kier molecular flexibility index (Phi) is 33.3. The molecule has 12 amide bonds. The molecule has 3 rings (SSSR count). The van der Waals surface area contributed by atoms with Crippen LogP contribution >= 0.6 is 0 Å². The number of primary amides is 1. The smallest absolute Gasteiger partial charge is 0.329 e. The number of aliphatic hydroxyl groups is 4. The first kappa shape index (κ1) is 84.3. The molecule has 99 heavy (non-hydrogen) atoms. The summed E-state index contributed by atoms with van der Waals surface area (Å²) < 4.78 is 17.3. The van der Waals surface area contributed by atoms with Gasteiger partial charge in [0.05, 0.1) is 31.9 Å². The summed E-state index contributed by atoms with van der Waals surface area (Å²) in [5.74, 6) is -17.9. The molecule has 2 aliphatic heterocycles. The number of methoxy groups -OCH3 is 2. The summed E-state index contributed by atoms with van der Waals surface area (Å²) in [5, 5.41) is 75.0. The third-order valence-corrected chi connectivity index (χ3v) is 17.2. The van der Waals surface area contributed by atoms with E-state index >= 15 is 19.2 Å². The van der Waals surface area contributed by atoms with Crippen LogP contribution in [-0.4, -0.2) is 238 Å². The summed E-state index contributed by atoms with van der Waals surface area (Å²) in [4.78, 5) is 186. The van der Waals surface area contributed by atoms with E-state index in [4.69, 9.17) is 19.9 Å². The lowest BCUT2D eigenvalue weighted by Crippen LogP contribution is -2.64. The number of nitrogens with one attached hydrogen (secondary N) is 9. The number of hydrogen-bond acceptors (Lipinski definition) is 21. The van der Waals surface area contributed by atoms with E-state index in [0.717, 1.165) is 55.9 Å². The number of cyclic esters (lactones) is 1. The molecule has 2 saturated heterocycles. The minimum Gasteiger partial charge on any atom is -0.508 e. The predicted molar refractivity (Wildman–Crippen MR) is 355 cm³/mol. The highest BCUT2D eigenvalue weighted by molar-refractivity contribution is 6.03. The minimum atomic E-state index is -2.45. The lowest BCUT2D eigenvalue weighted by atomic mass is 9.87.